The molecule has 0 aromatic heterocycles. The highest BCUT2D eigenvalue weighted by molar-refractivity contribution is 5.81. The molecule has 16 heavy (non-hydrogen) atoms. The molecule has 0 atom stereocenters. The van der Waals surface area contributed by atoms with Crippen LogP contribution in [0.3, 0.4) is 0 Å². The van der Waals surface area contributed by atoms with Crippen molar-refractivity contribution in [1.29, 1.82) is 0 Å². The molecule has 4 heteroatoms. The van der Waals surface area contributed by atoms with Gasteiger partial charge in [0.2, 0.25) is 5.91 Å². The molecular weight excluding hydrogens is 202 g/mol. The third kappa shape index (κ3) is 3.15. The Morgan fingerprint density at radius 1 is 1.50 bits per heavy atom. The predicted molar refractivity (Wildman–Crippen MR) is 67.5 cm³/mol. The molecule has 0 aliphatic heterocycles. The first kappa shape index (κ1) is 12.4. The van der Waals surface area contributed by atoms with Gasteiger partial charge in [-0.2, -0.15) is 0 Å². The molecule has 88 valence electrons. The second kappa shape index (κ2) is 5.39. The molecule has 0 unspecified atom stereocenters. The van der Waals surface area contributed by atoms with Gasteiger partial charge in [-0.1, -0.05) is 6.07 Å². The Kier molecular flexibility index (Phi) is 4.17. The van der Waals surface area contributed by atoms with E-state index in [1.165, 1.54) is 0 Å². The Balaban J connectivity index is 2.76. The van der Waals surface area contributed by atoms with Gasteiger partial charge in [0.25, 0.3) is 0 Å². The molecule has 0 spiro atoms. The number of carbonyl (C=O) groups excluding carboxylic acids is 1. The average Bonchev–Trinajstić information content (AvgIpc) is 2.21. The highest BCUT2D eigenvalue weighted by Crippen LogP contribution is 2.21. The highest BCUT2D eigenvalue weighted by atomic mass is 16.1. The van der Waals surface area contributed by atoms with Gasteiger partial charge < -0.3 is 16.0 Å². The van der Waals surface area contributed by atoms with Gasteiger partial charge in [-0.25, -0.2) is 0 Å². The van der Waals surface area contributed by atoms with Crippen LogP contribution >= 0.6 is 0 Å². The summed E-state index contributed by atoms with van der Waals surface area (Å²) < 4.78 is 0. The van der Waals surface area contributed by atoms with E-state index in [4.69, 9.17) is 5.73 Å². The lowest BCUT2D eigenvalue weighted by Crippen LogP contribution is -2.35. The summed E-state index contributed by atoms with van der Waals surface area (Å²) in [5.74, 6) is 0.0202. The van der Waals surface area contributed by atoms with Gasteiger partial charge in [0.1, 0.15) is 0 Å². The number of nitrogens with zero attached hydrogens (tertiary/aromatic N) is 1. The van der Waals surface area contributed by atoms with Crippen molar-refractivity contribution in [2.75, 3.05) is 30.8 Å². The third-order valence-electron chi connectivity index (χ3n) is 2.40. The molecule has 1 rings (SSSR count). The zero-order valence-corrected chi connectivity index (χ0v) is 10.1. The van der Waals surface area contributed by atoms with E-state index in [9.17, 15) is 4.79 Å². The van der Waals surface area contributed by atoms with Crippen LogP contribution in [-0.4, -0.2) is 26.0 Å². The lowest BCUT2D eigenvalue weighted by atomic mass is 10.1. The molecular formula is C12H19N3O. The van der Waals surface area contributed by atoms with Crippen LogP contribution in [-0.2, 0) is 4.79 Å². The molecule has 0 saturated heterocycles. The summed E-state index contributed by atoms with van der Waals surface area (Å²) in [5, 5.41) is 2.77. The van der Waals surface area contributed by atoms with Gasteiger partial charge in [0.15, 0.2) is 0 Å². The molecule has 3 N–H and O–H groups in total. The quantitative estimate of drug-likeness (QED) is 0.750. The van der Waals surface area contributed by atoms with Crippen LogP contribution < -0.4 is 16.0 Å². The Morgan fingerprint density at radius 3 is 2.81 bits per heavy atom. The molecule has 1 aromatic carbocycles. The summed E-state index contributed by atoms with van der Waals surface area (Å²) in [5.41, 5.74) is 8.54. The summed E-state index contributed by atoms with van der Waals surface area (Å²) in [6.07, 6.45) is 0. The fourth-order valence-corrected chi connectivity index (χ4v) is 1.59. The molecule has 1 amide bonds. The first-order chi connectivity index (χ1) is 7.54. The monoisotopic (exact) mass is 221 g/mol. The maximum Gasteiger partial charge on any atom is 0.239 e. The van der Waals surface area contributed by atoms with Crippen LogP contribution in [0.25, 0.3) is 0 Å². The van der Waals surface area contributed by atoms with E-state index in [2.05, 4.69) is 5.32 Å². The number of benzene rings is 1. The Hall–Kier alpha value is -1.71. The number of hydrogen-bond acceptors (Lipinski definition) is 3. The zero-order chi connectivity index (χ0) is 12.1. The van der Waals surface area contributed by atoms with Crippen molar-refractivity contribution < 1.29 is 4.79 Å². The summed E-state index contributed by atoms with van der Waals surface area (Å²) in [7, 11) is 1.89. The SMILES string of the molecule is CCNC(=O)CN(C)c1cc(N)ccc1C. The van der Waals surface area contributed by atoms with Gasteiger partial charge in [0, 0.05) is 25.0 Å². The van der Waals surface area contributed by atoms with E-state index in [1.807, 2.05) is 44.0 Å². The van der Waals surface area contributed by atoms with E-state index < -0.39 is 0 Å². The molecule has 0 aliphatic carbocycles. The third-order valence-corrected chi connectivity index (χ3v) is 2.40. The lowest BCUT2D eigenvalue weighted by Gasteiger charge is -2.21. The topological polar surface area (TPSA) is 58.4 Å². The van der Waals surface area contributed by atoms with Crippen molar-refractivity contribution in [2.45, 2.75) is 13.8 Å². The first-order valence-corrected chi connectivity index (χ1v) is 5.38. The van der Waals surface area contributed by atoms with E-state index in [0.717, 1.165) is 11.3 Å². The minimum Gasteiger partial charge on any atom is -0.399 e. The molecule has 0 aliphatic rings. The fraction of sp³-hybridized carbons (Fsp3) is 0.417. The Bertz CT molecular complexity index is 377. The molecule has 0 fully saturated rings. The zero-order valence-electron chi connectivity index (χ0n) is 10.1. The number of hydrogen-bond donors (Lipinski definition) is 2. The van der Waals surface area contributed by atoms with Crippen LogP contribution in [0, 0.1) is 6.92 Å². The fourth-order valence-electron chi connectivity index (χ4n) is 1.59. The maximum atomic E-state index is 11.4. The lowest BCUT2D eigenvalue weighted by molar-refractivity contribution is -0.119. The second-order valence-electron chi connectivity index (χ2n) is 3.86. The molecule has 0 heterocycles. The highest BCUT2D eigenvalue weighted by Gasteiger charge is 2.08. The minimum atomic E-state index is 0.0202. The van der Waals surface area contributed by atoms with E-state index >= 15 is 0 Å². The Morgan fingerprint density at radius 2 is 2.19 bits per heavy atom. The van der Waals surface area contributed by atoms with Gasteiger partial charge in [-0.15, -0.1) is 0 Å². The van der Waals surface area contributed by atoms with Gasteiger partial charge in [-0.3, -0.25) is 4.79 Å². The number of likely N-dealkylation sites (N-methyl/N-ethyl adjacent to an activating group) is 2. The predicted octanol–water partition coefficient (Wildman–Crippen LogP) is 1.15. The maximum absolute atomic E-state index is 11.4. The Labute approximate surface area is 96.4 Å². The van der Waals surface area contributed by atoms with Crippen LogP contribution in [0.15, 0.2) is 18.2 Å². The van der Waals surface area contributed by atoms with Crippen molar-refractivity contribution in [3.05, 3.63) is 23.8 Å². The number of nitrogens with one attached hydrogen (secondary N) is 1. The van der Waals surface area contributed by atoms with Gasteiger partial charge >= 0.3 is 0 Å². The molecule has 4 nitrogen and oxygen atoms in total. The number of rotatable bonds is 4. The van der Waals surface area contributed by atoms with Crippen LogP contribution in [0.5, 0.6) is 0 Å². The molecule has 1 aromatic rings. The number of amides is 1. The number of nitrogen functional groups attached to an aromatic ring is 1. The standard InChI is InChI=1S/C12H19N3O/c1-4-14-12(16)8-15(3)11-7-10(13)6-5-9(11)2/h5-7H,4,8,13H2,1-3H3,(H,14,16). The van der Waals surface area contributed by atoms with E-state index in [1.54, 1.807) is 0 Å². The molecule has 0 radical (unpaired) electrons. The van der Waals surface area contributed by atoms with Crippen molar-refractivity contribution in [3.8, 4) is 0 Å². The molecule has 0 saturated carbocycles. The van der Waals surface area contributed by atoms with Crippen molar-refractivity contribution in [3.63, 3.8) is 0 Å². The normalized spacial score (nSPS) is 9.94. The summed E-state index contributed by atoms with van der Waals surface area (Å²) in [4.78, 5) is 13.3. The largest absolute Gasteiger partial charge is 0.399 e. The number of anilines is 2. The second-order valence-corrected chi connectivity index (χ2v) is 3.86. The van der Waals surface area contributed by atoms with Crippen molar-refractivity contribution in [2.24, 2.45) is 0 Å². The number of nitrogens with two attached hydrogens (primary N) is 1. The van der Waals surface area contributed by atoms with Crippen molar-refractivity contribution >= 4 is 17.3 Å². The minimum absolute atomic E-state index is 0.0202. The summed E-state index contributed by atoms with van der Waals surface area (Å²) in [6.45, 7) is 4.91. The smallest absolute Gasteiger partial charge is 0.239 e. The van der Waals surface area contributed by atoms with Crippen molar-refractivity contribution in [1.82, 2.24) is 5.32 Å². The van der Waals surface area contributed by atoms with E-state index in [-0.39, 0.29) is 5.91 Å². The number of carbonyl (C=O) groups is 1. The average molecular weight is 221 g/mol. The number of aryl methyl sites for hydroxylation is 1. The van der Waals surface area contributed by atoms with E-state index in [0.29, 0.717) is 18.8 Å². The summed E-state index contributed by atoms with van der Waals surface area (Å²) in [6, 6.07) is 5.70. The summed E-state index contributed by atoms with van der Waals surface area (Å²) >= 11 is 0. The van der Waals surface area contributed by atoms with Crippen LogP contribution in [0.1, 0.15) is 12.5 Å². The first-order valence-electron chi connectivity index (χ1n) is 5.38. The molecule has 0 bridgehead atoms. The van der Waals surface area contributed by atoms with Crippen LogP contribution in [0.4, 0.5) is 11.4 Å². The van der Waals surface area contributed by atoms with Gasteiger partial charge in [-0.05, 0) is 31.5 Å². The van der Waals surface area contributed by atoms with Gasteiger partial charge in [0.05, 0.1) is 6.54 Å². The van der Waals surface area contributed by atoms with Crippen LogP contribution in [0.2, 0.25) is 0 Å².